The summed E-state index contributed by atoms with van der Waals surface area (Å²) in [4.78, 5) is 16.2. The summed E-state index contributed by atoms with van der Waals surface area (Å²) in [6.07, 6.45) is 1.09. The van der Waals surface area contributed by atoms with E-state index in [1.807, 2.05) is 24.3 Å². The van der Waals surface area contributed by atoms with Gasteiger partial charge < -0.3 is 20.1 Å². The number of aromatic nitrogens is 1. The van der Waals surface area contributed by atoms with Gasteiger partial charge in [0.25, 0.3) is 5.91 Å². The summed E-state index contributed by atoms with van der Waals surface area (Å²) in [6.45, 7) is 1.83. The van der Waals surface area contributed by atoms with Crippen molar-refractivity contribution in [1.82, 2.24) is 10.3 Å². The molecule has 1 aliphatic heterocycles. The normalized spacial score (nSPS) is 16.1. The molecule has 1 fully saturated rings. The number of anilines is 1. The average Bonchev–Trinajstić information content (AvgIpc) is 2.57. The van der Waals surface area contributed by atoms with Gasteiger partial charge in [-0.15, -0.1) is 24.8 Å². The number of halogens is 3. The van der Waals surface area contributed by atoms with E-state index in [1.165, 1.54) is 0 Å². The van der Waals surface area contributed by atoms with Gasteiger partial charge >= 0.3 is 0 Å². The molecule has 136 valence electrons. The molecule has 1 aliphatic rings. The largest absolute Gasteiger partial charge is 0.439 e. The van der Waals surface area contributed by atoms with Gasteiger partial charge in [0.15, 0.2) is 0 Å². The Labute approximate surface area is 166 Å². The van der Waals surface area contributed by atoms with Gasteiger partial charge in [-0.1, -0.05) is 22.0 Å². The summed E-state index contributed by atoms with van der Waals surface area (Å²) in [7, 11) is 0. The monoisotopic (exact) mass is 449 g/mol. The number of carbonyl (C=O) groups excluding carboxylic acids is 1. The Kier molecular flexibility index (Phi) is 9.16. The first-order valence-corrected chi connectivity index (χ1v) is 8.03. The molecule has 9 heteroatoms. The van der Waals surface area contributed by atoms with Crippen molar-refractivity contribution in [3.8, 4) is 11.6 Å². The van der Waals surface area contributed by atoms with Gasteiger partial charge in [-0.2, -0.15) is 0 Å². The molecule has 3 rings (SSSR count). The van der Waals surface area contributed by atoms with Crippen molar-refractivity contribution >= 4 is 52.3 Å². The zero-order chi connectivity index (χ0) is 16.1. The quantitative estimate of drug-likeness (QED) is 0.746. The van der Waals surface area contributed by atoms with Crippen molar-refractivity contribution < 1.29 is 14.3 Å². The van der Waals surface area contributed by atoms with E-state index in [1.54, 1.807) is 18.3 Å². The van der Waals surface area contributed by atoms with Crippen LogP contribution in [0.25, 0.3) is 0 Å². The molecule has 2 N–H and O–H groups in total. The maximum absolute atomic E-state index is 12.0. The van der Waals surface area contributed by atoms with Gasteiger partial charge in [0.05, 0.1) is 18.5 Å². The molecule has 1 unspecified atom stereocenters. The van der Waals surface area contributed by atoms with Gasteiger partial charge in [-0.05, 0) is 24.3 Å². The third kappa shape index (κ3) is 6.45. The average molecular weight is 451 g/mol. The first-order valence-electron chi connectivity index (χ1n) is 7.23. The number of amides is 1. The number of carbonyl (C=O) groups is 1. The highest BCUT2D eigenvalue weighted by Crippen LogP contribution is 2.23. The topological polar surface area (TPSA) is 72.5 Å². The molecule has 1 aromatic heterocycles. The number of rotatable bonds is 4. The van der Waals surface area contributed by atoms with Crippen molar-refractivity contribution in [3.05, 3.63) is 47.1 Å². The summed E-state index contributed by atoms with van der Waals surface area (Å²) in [5, 5.41) is 5.90. The molecule has 1 amide bonds. The second kappa shape index (κ2) is 10.6. The van der Waals surface area contributed by atoms with E-state index in [0.29, 0.717) is 30.5 Å². The Hall–Kier alpha value is -1.38. The van der Waals surface area contributed by atoms with Gasteiger partial charge in [-0.3, -0.25) is 4.79 Å². The van der Waals surface area contributed by atoms with Crippen LogP contribution >= 0.6 is 40.7 Å². The molecular weight excluding hydrogens is 433 g/mol. The molecule has 25 heavy (non-hydrogen) atoms. The van der Waals surface area contributed by atoms with E-state index in [4.69, 9.17) is 9.47 Å². The van der Waals surface area contributed by atoms with Crippen molar-refractivity contribution in [1.29, 1.82) is 0 Å². The van der Waals surface area contributed by atoms with Crippen LogP contribution in [-0.2, 0) is 9.53 Å². The predicted octanol–water partition coefficient (Wildman–Crippen LogP) is 3.41. The fraction of sp³-hybridized carbons (Fsp3) is 0.250. The molecule has 1 atom stereocenters. The van der Waals surface area contributed by atoms with Crippen molar-refractivity contribution in [3.63, 3.8) is 0 Å². The molecule has 1 saturated heterocycles. The SMILES string of the molecule is Cl.Cl.O=C(Nc1ccc(Oc2cccc(Br)c2)nc1)C1CNCCO1. The van der Waals surface area contributed by atoms with E-state index < -0.39 is 6.10 Å². The van der Waals surface area contributed by atoms with Gasteiger partial charge in [0, 0.05) is 23.6 Å². The van der Waals surface area contributed by atoms with Gasteiger partial charge in [0.1, 0.15) is 11.9 Å². The maximum atomic E-state index is 12.0. The number of pyridine rings is 1. The number of nitrogens with zero attached hydrogens (tertiary/aromatic N) is 1. The third-order valence-corrected chi connectivity index (χ3v) is 3.74. The van der Waals surface area contributed by atoms with Crippen LogP contribution in [0.1, 0.15) is 0 Å². The minimum absolute atomic E-state index is 0. The Morgan fingerprint density at radius 3 is 2.80 bits per heavy atom. The van der Waals surface area contributed by atoms with E-state index in [0.717, 1.165) is 11.0 Å². The van der Waals surface area contributed by atoms with Crippen LogP contribution < -0.4 is 15.4 Å². The summed E-state index contributed by atoms with van der Waals surface area (Å²) < 4.78 is 12.0. The summed E-state index contributed by atoms with van der Waals surface area (Å²) in [5.41, 5.74) is 0.603. The molecule has 0 saturated carbocycles. The number of hydrogen-bond acceptors (Lipinski definition) is 5. The zero-order valence-corrected chi connectivity index (χ0v) is 16.3. The summed E-state index contributed by atoms with van der Waals surface area (Å²) in [6, 6.07) is 10.9. The Morgan fingerprint density at radius 2 is 2.16 bits per heavy atom. The van der Waals surface area contributed by atoms with Crippen LogP contribution in [0.2, 0.25) is 0 Å². The van der Waals surface area contributed by atoms with Crippen LogP contribution in [0.15, 0.2) is 47.1 Å². The molecule has 1 aromatic carbocycles. The summed E-state index contributed by atoms with van der Waals surface area (Å²) in [5.74, 6) is 0.960. The highest BCUT2D eigenvalue weighted by Gasteiger charge is 2.21. The smallest absolute Gasteiger partial charge is 0.254 e. The van der Waals surface area contributed by atoms with E-state index >= 15 is 0 Å². The Morgan fingerprint density at radius 1 is 1.32 bits per heavy atom. The maximum Gasteiger partial charge on any atom is 0.254 e. The first-order chi connectivity index (χ1) is 11.2. The lowest BCUT2D eigenvalue weighted by Crippen LogP contribution is -2.45. The molecule has 2 aromatic rings. The van der Waals surface area contributed by atoms with Crippen LogP contribution in [0.3, 0.4) is 0 Å². The molecule has 0 radical (unpaired) electrons. The third-order valence-electron chi connectivity index (χ3n) is 3.24. The van der Waals surface area contributed by atoms with E-state index in [2.05, 4.69) is 31.5 Å². The molecule has 0 spiro atoms. The highest BCUT2D eigenvalue weighted by molar-refractivity contribution is 9.10. The van der Waals surface area contributed by atoms with Crippen molar-refractivity contribution in [2.24, 2.45) is 0 Å². The number of hydrogen-bond donors (Lipinski definition) is 2. The minimum atomic E-state index is -0.471. The Bertz CT molecular complexity index is 683. The van der Waals surface area contributed by atoms with Crippen LogP contribution in [0, 0.1) is 0 Å². The molecule has 0 bridgehead atoms. The zero-order valence-electron chi connectivity index (χ0n) is 13.1. The van der Waals surface area contributed by atoms with Crippen LogP contribution in [-0.4, -0.2) is 36.7 Å². The Balaban J connectivity index is 0.00000156. The van der Waals surface area contributed by atoms with Gasteiger partial charge in [0.2, 0.25) is 5.88 Å². The van der Waals surface area contributed by atoms with Crippen molar-refractivity contribution in [2.75, 3.05) is 25.0 Å². The lowest BCUT2D eigenvalue weighted by Gasteiger charge is -2.22. The fourth-order valence-corrected chi connectivity index (χ4v) is 2.50. The molecule has 6 nitrogen and oxygen atoms in total. The number of ether oxygens (including phenoxy) is 2. The molecule has 2 heterocycles. The van der Waals surface area contributed by atoms with Crippen LogP contribution in [0.4, 0.5) is 5.69 Å². The number of morpholine rings is 1. The highest BCUT2D eigenvalue weighted by atomic mass is 79.9. The second-order valence-corrected chi connectivity index (χ2v) is 5.91. The standard InChI is InChI=1S/C16H16BrN3O3.2ClH/c17-11-2-1-3-13(8-11)23-15-5-4-12(9-19-15)20-16(21)14-10-18-6-7-22-14;;/h1-5,8-9,14,18H,6-7,10H2,(H,20,21);2*1H. The second-order valence-electron chi connectivity index (χ2n) is 5.00. The van der Waals surface area contributed by atoms with Crippen LogP contribution in [0.5, 0.6) is 11.6 Å². The van der Waals surface area contributed by atoms with E-state index in [9.17, 15) is 4.79 Å². The first kappa shape index (κ1) is 21.7. The minimum Gasteiger partial charge on any atom is -0.439 e. The lowest BCUT2D eigenvalue weighted by molar-refractivity contribution is -0.128. The number of benzene rings is 1. The molecular formula is C16H18BrCl2N3O3. The lowest BCUT2D eigenvalue weighted by atomic mass is 10.3. The van der Waals surface area contributed by atoms with Gasteiger partial charge in [-0.25, -0.2) is 4.98 Å². The number of nitrogens with one attached hydrogen (secondary N) is 2. The molecule has 0 aliphatic carbocycles. The van der Waals surface area contributed by atoms with E-state index in [-0.39, 0.29) is 30.7 Å². The summed E-state index contributed by atoms with van der Waals surface area (Å²) >= 11 is 3.39. The van der Waals surface area contributed by atoms with Crippen molar-refractivity contribution in [2.45, 2.75) is 6.10 Å². The predicted molar refractivity (Wildman–Crippen MR) is 104 cm³/mol. The fourth-order valence-electron chi connectivity index (χ4n) is 2.12.